The first-order chi connectivity index (χ1) is 18.1. The van der Waals surface area contributed by atoms with Gasteiger partial charge in [-0.1, -0.05) is 51.5 Å². The molecule has 0 aliphatic rings. The molecule has 0 bridgehead atoms. The molecule has 4 rings (SSSR count). The topological polar surface area (TPSA) is 78.4 Å². The van der Waals surface area contributed by atoms with Gasteiger partial charge in [0.1, 0.15) is 0 Å². The Kier molecular flexibility index (Phi) is 8.40. The van der Waals surface area contributed by atoms with Crippen LogP contribution < -0.4 is 0 Å². The number of hydrogen-bond donors (Lipinski definition) is 0. The number of aromatic nitrogens is 2. The third-order valence-electron chi connectivity index (χ3n) is 6.57. The third-order valence-corrected chi connectivity index (χ3v) is 6.57. The fraction of sp³-hybridized carbons (Fsp3) is 0.375. The lowest BCUT2D eigenvalue weighted by Gasteiger charge is -2.14. The van der Waals surface area contributed by atoms with E-state index in [1.807, 2.05) is 50.2 Å². The van der Waals surface area contributed by atoms with Crippen molar-refractivity contribution in [1.29, 1.82) is 0 Å². The molecule has 38 heavy (non-hydrogen) atoms. The SMILES string of the molecule is Cc1ccc2nc(-c3cc(C(=O)OCCC(C)C)c4c(C)cccc4n3)cc(C(=O)OCCC(C)C)c2c1. The molecule has 0 saturated heterocycles. The normalized spacial score (nSPS) is 11.5. The fourth-order valence-corrected chi connectivity index (χ4v) is 4.33. The van der Waals surface area contributed by atoms with Gasteiger partial charge in [-0.2, -0.15) is 0 Å². The second-order valence-corrected chi connectivity index (χ2v) is 10.7. The minimum absolute atomic E-state index is 0.349. The number of ether oxygens (including phenoxy) is 2. The van der Waals surface area contributed by atoms with Crippen molar-refractivity contribution in [3.63, 3.8) is 0 Å². The summed E-state index contributed by atoms with van der Waals surface area (Å²) >= 11 is 0. The maximum absolute atomic E-state index is 13.2. The predicted molar refractivity (Wildman–Crippen MR) is 151 cm³/mol. The summed E-state index contributed by atoms with van der Waals surface area (Å²) < 4.78 is 11.3. The number of rotatable bonds is 9. The van der Waals surface area contributed by atoms with E-state index in [4.69, 9.17) is 19.4 Å². The predicted octanol–water partition coefficient (Wildman–Crippen LogP) is 7.47. The first kappa shape index (κ1) is 27.2. The Labute approximate surface area is 224 Å². The molecule has 2 aromatic heterocycles. The van der Waals surface area contributed by atoms with Gasteiger partial charge in [-0.05, 0) is 74.4 Å². The smallest absolute Gasteiger partial charge is 0.338 e. The summed E-state index contributed by atoms with van der Waals surface area (Å²) in [6, 6.07) is 15.0. The molecule has 2 heterocycles. The van der Waals surface area contributed by atoms with Crippen molar-refractivity contribution in [2.24, 2.45) is 11.8 Å². The Bertz CT molecular complexity index is 1490. The molecule has 6 heteroatoms. The molecule has 0 aliphatic carbocycles. The van der Waals surface area contributed by atoms with Crippen LogP contribution in [0.25, 0.3) is 33.2 Å². The first-order valence-corrected chi connectivity index (χ1v) is 13.3. The van der Waals surface area contributed by atoms with Crippen molar-refractivity contribution < 1.29 is 19.1 Å². The van der Waals surface area contributed by atoms with Gasteiger partial charge < -0.3 is 9.47 Å². The molecule has 0 spiro atoms. The highest BCUT2D eigenvalue weighted by Gasteiger charge is 2.20. The summed E-state index contributed by atoms with van der Waals surface area (Å²) in [5.41, 5.74) is 5.17. The van der Waals surface area contributed by atoms with E-state index in [2.05, 4.69) is 27.7 Å². The molecular formula is C32H36N2O4. The van der Waals surface area contributed by atoms with Crippen molar-refractivity contribution in [2.45, 2.75) is 54.4 Å². The maximum Gasteiger partial charge on any atom is 0.338 e. The monoisotopic (exact) mass is 512 g/mol. The molecular weight excluding hydrogens is 476 g/mol. The van der Waals surface area contributed by atoms with Crippen molar-refractivity contribution in [2.75, 3.05) is 13.2 Å². The number of aryl methyl sites for hydroxylation is 2. The summed E-state index contributed by atoms with van der Waals surface area (Å²) in [7, 11) is 0. The van der Waals surface area contributed by atoms with Gasteiger partial charge in [0.25, 0.3) is 0 Å². The van der Waals surface area contributed by atoms with Crippen molar-refractivity contribution in [3.8, 4) is 11.4 Å². The molecule has 198 valence electrons. The van der Waals surface area contributed by atoms with Gasteiger partial charge in [-0.15, -0.1) is 0 Å². The van der Waals surface area contributed by atoms with E-state index in [0.29, 0.717) is 58.6 Å². The van der Waals surface area contributed by atoms with Gasteiger partial charge in [0.05, 0.1) is 46.8 Å². The molecule has 0 fully saturated rings. The number of pyridine rings is 2. The largest absolute Gasteiger partial charge is 0.462 e. The van der Waals surface area contributed by atoms with E-state index in [9.17, 15) is 9.59 Å². The summed E-state index contributed by atoms with van der Waals surface area (Å²) in [5.74, 6) is 0.0744. The van der Waals surface area contributed by atoms with Crippen LogP contribution in [0.2, 0.25) is 0 Å². The highest BCUT2D eigenvalue weighted by molar-refractivity contribution is 6.07. The van der Waals surface area contributed by atoms with Crippen LogP contribution in [0.5, 0.6) is 0 Å². The Morgan fingerprint density at radius 3 is 1.95 bits per heavy atom. The van der Waals surface area contributed by atoms with Gasteiger partial charge in [-0.3, -0.25) is 0 Å². The zero-order valence-corrected chi connectivity index (χ0v) is 23.1. The number of esters is 2. The van der Waals surface area contributed by atoms with Crippen LogP contribution in [0.1, 0.15) is 72.4 Å². The van der Waals surface area contributed by atoms with E-state index in [1.54, 1.807) is 12.1 Å². The van der Waals surface area contributed by atoms with Crippen molar-refractivity contribution >= 4 is 33.7 Å². The average molecular weight is 513 g/mol. The molecule has 4 aromatic rings. The number of benzene rings is 2. The zero-order chi connectivity index (χ0) is 27.4. The van der Waals surface area contributed by atoms with Crippen LogP contribution in [-0.2, 0) is 9.47 Å². The van der Waals surface area contributed by atoms with E-state index in [-0.39, 0.29) is 0 Å². The van der Waals surface area contributed by atoms with E-state index in [0.717, 1.165) is 34.7 Å². The zero-order valence-electron chi connectivity index (χ0n) is 23.1. The fourth-order valence-electron chi connectivity index (χ4n) is 4.33. The second-order valence-electron chi connectivity index (χ2n) is 10.7. The second kappa shape index (κ2) is 11.7. The van der Waals surface area contributed by atoms with Gasteiger partial charge in [0, 0.05) is 10.8 Å². The quantitative estimate of drug-likeness (QED) is 0.216. The van der Waals surface area contributed by atoms with E-state index < -0.39 is 11.9 Å². The number of fused-ring (bicyclic) bond motifs is 2. The minimum atomic E-state index is -0.394. The first-order valence-electron chi connectivity index (χ1n) is 13.3. The molecule has 6 nitrogen and oxygen atoms in total. The van der Waals surface area contributed by atoms with Crippen LogP contribution in [0.4, 0.5) is 0 Å². The molecule has 0 amide bonds. The Morgan fingerprint density at radius 2 is 1.32 bits per heavy atom. The standard InChI is InChI=1S/C32H36N2O4/c1-19(2)12-14-37-31(35)24-17-28(33-26-11-10-21(5)16-23(24)26)29-18-25(32(36)38-15-13-20(3)4)30-22(6)8-7-9-27(30)34-29/h7-11,16-20H,12-15H2,1-6H3. The molecule has 0 aliphatic heterocycles. The number of hydrogen-bond acceptors (Lipinski definition) is 6. The molecule has 0 N–H and O–H groups in total. The average Bonchev–Trinajstić information content (AvgIpc) is 2.87. The van der Waals surface area contributed by atoms with Crippen LogP contribution in [0.15, 0.2) is 48.5 Å². The van der Waals surface area contributed by atoms with Gasteiger partial charge >= 0.3 is 11.9 Å². The Morgan fingerprint density at radius 1 is 0.737 bits per heavy atom. The number of carbonyl (C=O) groups is 2. The number of carbonyl (C=O) groups excluding carboxylic acids is 2. The third kappa shape index (κ3) is 6.18. The van der Waals surface area contributed by atoms with E-state index >= 15 is 0 Å². The van der Waals surface area contributed by atoms with Crippen LogP contribution in [-0.4, -0.2) is 35.1 Å². The van der Waals surface area contributed by atoms with Gasteiger partial charge in [-0.25, -0.2) is 19.6 Å². The van der Waals surface area contributed by atoms with Gasteiger partial charge in [0.15, 0.2) is 0 Å². The van der Waals surface area contributed by atoms with Crippen LogP contribution >= 0.6 is 0 Å². The van der Waals surface area contributed by atoms with Crippen molar-refractivity contribution in [3.05, 3.63) is 70.8 Å². The molecule has 0 radical (unpaired) electrons. The lowest BCUT2D eigenvalue weighted by molar-refractivity contribution is 0.0480. The summed E-state index contributed by atoms with van der Waals surface area (Å²) in [4.78, 5) is 36.1. The Balaban J connectivity index is 1.83. The van der Waals surface area contributed by atoms with Gasteiger partial charge in [0.2, 0.25) is 0 Å². The molecule has 0 atom stereocenters. The number of nitrogens with zero attached hydrogens (tertiary/aromatic N) is 2. The summed E-state index contributed by atoms with van der Waals surface area (Å²) in [6.07, 6.45) is 1.57. The lowest BCUT2D eigenvalue weighted by Crippen LogP contribution is -2.11. The highest BCUT2D eigenvalue weighted by atomic mass is 16.5. The molecule has 0 saturated carbocycles. The Hall–Kier alpha value is -3.80. The molecule has 0 unspecified atom stereocenters. The van der Waals surface area contributed by atoms with Crippen molar-refractivity contribution in [1.82, 2.24) is 9.97 Å². The molecule has 2 aromatic carbocycles. The summed E-state index contributed by atoms with van der Waals surface area (Å²) in [5, 5.41) is 1.49. The minimum Gasteiger partial charge on any atom is -0.462 e. The van der Waals surface area contributed by atoms with Crippen LogP contribution in [0, 0.1) is 25.7 Å². The maximum atomic E-state index is 13.2. The highest BCUT2D eigenvalue weighted by Crippen LogP contribution is 2.30. The lowest BCUT2D eigenvalue weighted by atomic mass is 10.0. The van der Waals surface area contributed by atoms with Crippen LogP contribution in [0.3, 0.4) is 0 Å². The summed E-state index contributed by atoms with van der Waals surface area (Å²) in [6.45, 7) is 13.0. The van der Waals surface area contributed by atoms with E-state index in [1.165, 1.54) is 0 Å².